The predicted octanol–water partition coefficient (Wildman–Crippen LogP) is 2.37. The van der Waals surface area contributed by atoms with Crippen LogP contribution in [-0.2, 0) is 6.54 Å². The van der Waals surface area contributed by atoms with Crippen LogP contribution in [0.5, 0.6) is 5.75 Å². The molecule has 2 rings (SSSR count). The Morgan fingerprint density at radius 1 is 1.32 bits per heavy atom. The number of para-hydroxylation sites is 1. The molecule has 0 saturated heterocycles. The van der Waals surface area contributed by atoms with E-state index in [1.165, 1.54) is 0 Å². The molecule has 0 atom stereocenters. The number of nitrogens with one attached hydrogen (secondary N) is 2. The molecule has 0 saturated carbocycles. The molecule has 5 heteroatoms. The average molecular weight is 261 g/mol. The maximum atomic E-state index is 11.9. The maximum absolute atomic E-state index is 11.9. The summed E-state index contributed by atoms with van der Waals surface area (Å²) in [5.41, 5.74) is 1.38. The van der Waals surface area contributed by atoms with Gasteiger partial charge in [0.15, 0.2) is 0 Å². The third-order valence-electron chi connectivity index (χ3n) is 2.35. The molecular formula is C14H19N3O2. The van der Waals surface area contributed by atoms with E-state index in [0.717, 1.165) is 5.69 Å². The van der Waals surface area contributed by atoms with Gasteiger partial charge in [0.25, 0.3) is 5.91 Å². The minimum atomic E-state index is -0.169. The lowest BCUT2D eigenvalue weighted by Gasteiger charge is -2.08. The number of carbonyl (C=O) groups excluding carboxylic acids is 1. The number of hydrogen-bond donors (Lipinski definition) is 2. The Morgan fingerprint density at radius 2 is 2.05 bits per heavy atom. The molecule has 0 spiro atoms. The van der Waals surface area contributed by atoms with E-state index in [0.29, 0.717) is 17.9 Å². The van der Waals surface area contributed by atoms with Crippen molar-refractivity contribution in [3.05, 3.63) is 47.8 Å². The van der Waals surface area contributed by atoms with Crippen LogP contribution >= 0.6 is 0 Å². The Morgan fingerprint density at radius 3 is 2.68 bits per heavy atom. The van der Waals surface area contributed by atoms with Gasteiger partial charge < -0.3 is 10.1 Å². The van der Waals surface area contributed by atoms with E-state index in [1.54, 1.807) is 31.5 Å². The second-order valence-corrected chi connectivity index (χ2v) is 3.46. The quantitative estimate of drug-likeness (QED) is 0.888. The Kier molecular flexibility index (Phi) is 6.15. The molecule has 2 aromatic rings. The second-order valence-electron chi connectivity index (χ2n) is 3.46. The highest BCUT2D eigenvalue weighted by molar-refractivity contribution is 5.96. The molecule has 1 aromatic heterocycles. The zero-order chi connectivity index (χ0) is 14.1. The summed E-state index contributed by atoms with van der Waals surface area (Å²) in [7, 11) is 1.54. The SMILES string of the molecule is CC.COc1ccccc1C(=O)NCc1ccn[nH]1. The van der Waals surface area contributed by atoms with Gasteiger partial charge in [0.2, 0.25) is 0 Å². The van der Waals surface area contributed by atoms with E-state index in [4.69, 9.17) is 4.74 Å². The lowest BCUT2D eigenvalue weighted by molar-refractivity contribution is 0.0947. The Bertz CT molecular complexity index is 495. The van der Waals surface area contributed by atoms with E-state index >= 15 is 0 Å². The number of benzene rings is 1. The van der Waals surface area contributed by atoms with Crippen molar-refractivity contribution in [1.82, 2.24) is 15.5 Å². The molecule has 0 bridgehead atoms. The first-order valence-corrected chi connectivity index (χ1v) is 6.20. The zero-order valence-electron chi connectivity index (χ0n) is 11.4. The summed E-state index contributed by atoms with van der Waals surface area (Å²) in [6.07, 6.45) is 1.64. The first kappa shape index (κ1) is 14.8. The topological polar surface area (TPSA) is 67.0 Å². The highest BCUT2D eigenvalue weighted by atomic mass is 16.5. The van der Waals surface area contributed by atoms with Gasteiger partial charge in [0.1, 0.15) is 5.75 Å². The van der Waals surface area contributed by atoms with Crippen LogP contribution in [0.25, 0.3) is 0 Å². The highest BCUT2D eigenvalue weighted by Crippen LogP contribution is 2.16. The molecule has 0 fully saturated rings. The van der Waals surface area contributed by atoms with Crippen molar-refractivity contribution in [2.24, 2.45) is 0 Å². The molecular weight excluding hydrogens is 242 g/mol. The van der Waals surface area contributed by atoms with Crippen LogP contribution in [-0.4, -0.2) is 23.2 Å². The molecule has 1 aromatic carbocycles. The first-order valence-electron chi connectivity index (χ1n) is 6.20. The van der Waals surface area contributed by atoms with Gasteiger partial charge in [-0.3, -0.25) is 9.89 Å². The van der Waals surface area contributed by atoms with Crippen LogP contribution in [0.4, 0.5) is 0 Å². The molecule has 19 heavy (non-hydrogen) atoms. The molecule has 1 amide bonds. The van der Waals surface area contributed by atoms with E-state index in [1.807, 2.05) is 26.0 Å². The normalized spacial score (nSPS) is 9.21. The number of methoxy groups -OCH3 is 1. The Hall–Kier alpha value is -2.30. The van der Waals surface area contributed by atoms with Crippen molar-refractivity contribution in [2.75, 3.05) is 7.11 Å². The van der Waals surface area contributed by atoms with Gasteiger partial charge in [-0.25, -0.2) is 0 Å². The summed E-state index contributed by atoms with van der Waals surface area (Å²) in [6.45, 7) is 4.41. The lowest BCUT2D eigenvalue weighted by Crippen LogP contribution is -2.23. The highest BCUT2D eigenvalue weighted by Gasteiger charge is 2.10. The number of carbonyl (C=O) groups is 1. The van der Waals surface area contributed by atoms with E-state index in [2.05, 4.69) is 15.5 Å². The van der Waals surface area contributed by atoms with Gasteiger partial charge in [-0.1, -0.05) is 26.0 Å². The summed E-state index contributed by atoms with van der Waals surface area (Å²) < 4.78 is 5.12. The average Bonchev–Trinajstić information content (AvgIpc) is 3.00. The molecule has 0 radical (unpaired) electrons. The Balaban J connectivity index is 0.000000861. The lowest BCUT2D eigenvalue weighted by atomic mass is 10.2. The number of amides is 1. The number of aromatic amines is 1. The molecule has 0 aliphatic rings. The standard InChI is InChI=1S/C12H13N3O2.C2H6/c1-17-11-5-3-2-4-10(11)12(16)13-8-9-6-7-14-15-9;1-2/h2-7H,8H2,1H3,(H,13,16)(H,14,15);1-2H3. The van der Waals surface area contributed by atoms with Gasteiger partial charge in [-0.2, -0.15) is 5.10 Å². The minimum absolute atomic E-state index is 0.169. The molecule has 0 unspecified atom stereocenters. The third-order valence-corrected chi connectivity index (χ3v) is 2.35. The summed E-state index contributed by atoms with van der Waals surface area (Å²) in [4.78, 5) is 11.9. The monoisotopic (exact) mass is 261 g/mol. The van der Waals surface area contributed by atoms with Gasteiger partial charge in [-0.05, 0) is 18.2 Å². The van der Waals surface area contributed by atoms with Crippen LogP contribution in [0.2, 0.25) is 0 Å². The van der Waals surface area contributed by atoms with Crippen molar-refractivity contribution in [3.8, 4) is 5.75 Å². The zero-order valence-corrected chi connectivity index (χ0v) is 11.4. The number of aromatic nitrogens is 2. The van der Waals surface area contributed by atoms with Crippen LogP contribution in [0.1, 0.15) is 29.9 Å². The van der Waals surface area contributed by atoms with Gasteiger partial charge in [-0.15, -0.1) is 0 Å². The van der Waals surface area contributed by atoms with Crippen LogP contribution < -0.4 is 10.1 Å². The summed E-state index contributed by atoms with van der Waals surface area (Å²) in [6, 6.07) is 8.91. The predicted molar refractivity (Wildman–Crippen MR) is 74.1 cm³/mol. The number of hydrogen-bond acceptors (Lipinski definition) is 3. The van der Waals surface area contributed by atoms with Gasteiger partial charge >= 0.3 is 0 Å². The van der Waals surface area contributed by atoms with Crippen LogP contribution in [0.3, 0.4) is 0 Å². The van der Waals surface area contributed by atoms with Crippen molar-refractivity contribution in [2.45, 2.75) is 20.4 Å². The van der Waals surface area contributed by atoms with E-state index in [-0.39, 0.29) is 5.91 Å². The van der Waals surface area contributed by atoms with E-state index in [9.17, 15) is 4.79 Å². The minimum Gasteiger partial charge on any atom is -0.496 e. The van der Waals surface area contributed by atoms with Crippen LogP contribution in [0, 0.1) is 0 Å². The van der Waals surface area contributed by atoms with Crippen LogP contribution in [0.15, 0.2) is 36.5 Å². The molecule has 2 N–H and O–H groups in total. The fourth-order valence-corrected chi connectivity index (χ4v) is 1.49. The summed E-state index contributed by atoms with van der Waals surface area (Å²) in [5, 5.41) is 9.37. The van der Waals surface area contributed by atoms with Gasteiger partial charge in [0, 0.05) is 6.20 Å². The van der Waals surface area contributed by atoms with Crippen molar-refractivity contribution in [3.63, 3.8) is 0 Å². The number of rotatable bonds is 4. The molecule has 5 nitrogen and oxygen atoms in total. The number of nitrogens with zero attached hydrogens (tertiary/aromatic N) is 1. The summed E-state index contributed by atoms with van der Waals surface area (Å²) in [5.74, 6) is 0.395. The van der Waals surface area contributed by atoms with E-state index < -0.39 is 0 Å². The fraction of sp³-hybridized carbons (Fsp3) is 0.286. The molecule has 0 aliphatic heterocycles. The largest absolute Gasteiger partial charge is 0.496 e. The molecule has 1 heterocycles. The third kappa shape index (κ3) is 4.13. The van der Waals surface area contributed by atoms with Crippen molar-refractivity contribution < 1.29 is 9.53 Å². The van der Waals surface area contributed by atoms with Crippen molar-refractivity contribution >= 4 is 5.91 Å². The number of ether oxygens (including phenoxy) is 1. The maximum Gasteiger partial charge on any atom is 0.255 e. The van der Waals surface area contributed by atoms with Crippen molar-refractivity contribution in [1.29, 1.82) is 0 Å². The number of H-pyrrole nitrogens is 1. The molecule has 102 valence electrons. The smallest absolute Gasteiger partial charge is 0.255 e. The second kappa shape index (κ2) is 7.92. The fourth-order valence-electron chi connectivity index (χ4n) is 1.49. The van der Waals surface area contributed by atoms with Gasteiger partial charge in [0.05, 0.1) is 24.9 Å². The molecule has 0 aliphatic carbocycles. The summed E-state index contributed by atoms with van der Waals surface area (Å²) >= 11 is 0. The first-order chi connectivity index (χ1) is 9.31. The Labute approximate surface area is 113 Å².